The molecule has 7 nitrogen and oxygen atoms in total. The van der Waals surface area contributed by atoms with E-state index in [1.54, 1.807) is 24.1 Å². The number of halogens is 1. The fourth-order valence-electron chi connectivity index (χ4n) is 4.25. The molecule has 0 aliphatic carbocycles. The van der Waals surface area contributed by atoms with E-state index >= 15 is 0 Å². The van der Waals surface area contributed by atoms with Crippen molar-refractivity contribution in [3.8, 4) is 0 Å². The number of fused-ring (bicyclic) bond motifs is 1. The number of ether oxygens (including phenoxy) is 1. The normalized spacial score (nSPS) is 18.0. The number of aryl methyl sites for hydroxylation is 1. The molecule has 1 atom stereocenters. The van der Waals surface area contributed by atoms with Gasteiger partial charge < -0.3 is 9.64 Å². The Labute approximate surface area is 181 Å². The number of nitrogens with zero attached hydrogens (tertiary/aromatic N) is 4. The number of amides is 2. The molecule has 0 saturated carbocycles. The van der Waals surface area contributed by atoms with E-state index in [4.69, 9.17) is 9.72 Å². The molecule has 2 amide bonds. The summed E-state index contributed by atoms with van der Waals surface area (Å²) in [5.41, 5.74) is 2.66. The van der Waals surface area contributed by atoms with Gasteiger partial charge in [-0.15, -0.1) is 0 Å². The number of hydrogen-bond acceptors (Lipinski definition) is 5. The van der Waals surface area contributed by atoms with Gasteiger partial charge in [-0.3, -0.25) is 14.5 Å². The number of rotatable bonds is 7. The molecule has 3 heterocycles. The highest BCUT2D eigenvalue weighted by Gasteiger charge is 2.34. The van der Waals surface area contributed by atoms with Crippen molar-refractivity contribution in [3.05, 3.63) is 52.7 Å². The Bertz CT molecular complexity index is 980. The first kappa shape index (κ1) is 21.4. The second-order valence-electron chi connectivity index (χ2n) is 8.14. The third kappa shape index (κ3) is 4.58. The van der Waals surface area contributed by atoms with E-state index in [-0.39, 0.29) is 23.5 Å². The lowest BCUT2D eigenvalue weighted by atomic mass is 10.1. The zero-order valence-corrected chi connectivity index (χ0v) is 17.9. The topological polar surface area (TPSA) is 75.6 Å². The van der Waals surface area contributed by atoms with Crippen molar-refractivity contribution < 1.29 is 18.7 Å². The molecule has 0 bridgehead atoms. The fraction of sp³-hybridized carbons (Fsp3) is 0.478. The first-order chi connectivity index (χ1) is 15.0. The standard InChI is InChI=1S/C23H27FN4O3/c1-15-19-13-21(30)28(11-7-16-3-5-18(24)6-4-16)23(19)26-22(25-15)17-8-10-27(14-17)20(29)9-12-31-2/h3-6,17H,7-14H2,1-2H3/t17-/m1/s1. The van der Waals surface area contributed by atoms with E-state index in [0.29, 0.717) is 57.1 Å². The zero-order chi connectivity index (χ0) is 22.0. The van der Waals surface area contributed by atoms with E-state index in [0.717, 1.165) is 23.2 Å². The van der Waals surface area contributed by atoms with Gasteiger partial charge in [0.2, 0.25) is 11.8 Å². The van der Waals surface area contributed by atoms with Crippen molar-refractivity contribution in [1.82, 2.24) is 14.9 Å². The minimum atomic E-state index is -0.273. The molecule has 1 aromatic heterocycles. The fourth-order valence-corrected chi connectivity index (χ4v) is 4.25. The zero-order valence-electron chi connectivity index (χ0n) is 17.9. The molecule has 2 aliphatic heterocycles. The van der Waals surface area contributed by atoms with E-state index in [2.05, 4.69) is 4.98 Å². The van der Waals surface area contributed by atoms with Crippen molar-refractivity contribution in [2.45, 2.75) is 38.5 Å². The summed E-state index contributed by atoms with van der Waals surface area (Å²) in [5, 5.41) is 0. The van der Waals surface area contributed by atoms with Crippen LogP contribution < -0.4 is 4.90 Å². The van der Waals surface area contributed by atoms with E-state index < -0.39 is 0 Å². The third-order valence-corrected chi connectivity index (χ3v) is 6.06. The summed E-state index contributed by atoms with van der Waals surface area (Å²) < 4.78 is 18.2. The van der Waals surface area contributed by atoms with Crippen LogP contribution in [0.4, 0.5) is 10.2 Å². The summed E-state index contributed by atoms with van der Waals surface area (Å²) in [7, 11) is 1.59. The molecule has 8 heteroatoms. The number of likely N-dealkylation sites (tertiary alicyclic amines) is 1. The van der Waals surface area contributed by atoms with Gasteiger partial charge in [0.25, 0.3) is 0 Å². The summed E-state index contributed by atoms with van der Waals surface area (Å²) in [4.78, 5) is 38.0. The van der Waals surface area contributed by atoms with Gasteiger partial charge in [-0.2, -0.15) is 0 Å². The van der Waals surface area contributed by atoms with E-state index in [1.165, 1.54) is 12.1 Å². The maximum atomic E-state index is 13.2. The summed E-state index contributed by atoms with van der Waals surface area (Å²) in [6.45, 7) is 4.08. The molecule has 0 N–H and O–H groups in total. The van der Waals surface area contributed by atoms with Crippen molar-refractivity contribution in [3.63, 3.8) is 0 Å². The van der Waals surface area contributed by atoms with Crippen molar-refractivity contribution >= 4 is 17.6 Å². The predicted molar refractivity (Wildman–Crippen MR) is 113 cm³/mol. The first-order valence-corrected chi connectivity index (χ1v) is 10.6. The molecule has 4 rings (SSSR count). The van der Waals surface area contributed by atoms with E-state index in [9.17, 15) is 14.0 Å². The molecule has 1 saturated heterocycles. The Kier molecular flexibility index (Phi) is 6.27. The van der Waals surface area contributed by atoms with Gasteiger partial charge in [0.1, 0.15) is 17.5 Å². The summed E-state index contributed by atoms with van der Waals surface area (Å²) in [5.74, 6) is 1.25. The summed E-state index contributed by atoms with van der Waals surface area (Å²) >= 11 is 0. The molecule has 31 heavy (non-hydrogen) atoms. The minimum Gasteiger partial charge on any atom is -0.384 e. The SMILES string of the molecule is COCCC(=O)N1CC[C@@H](c2nc(C)c3c(n2)N(CCc2ccc(F)cc2)C(=O)C3)C1. The molecule has 0 unspecified atom stereocenters. The van der Waals surface area contributed by atoms with Crippen molar-refractivity contribution in [2.24, 2.45) is 0 Å². The largest absolute Gasteiger partial charge is 0.384 e. The van der Waals surface area contributed by atoms with Gasteiger partial charge in [0.15, 0.2) is 0 Å². The lowest BCUT2D eigenvalue weighted by molar-refractivity contribution is -0.131. The molecule has 0 spiro atoms. The smallest absolute Gasteiger partial charge is 0.232 e. The van der Waals surface area contributed by atoms with Crippen LogP contribution in [-0.2, 0) is 27.2 Å². The van der Waals surface area contributed by atoms with Gasteiger partial charge in [-0.1, -0.05) is 12.1 Å². The van der Waals surface area contributed by atoms with Gasteiger partial charge in [-0.05, 0) is 37.5 Å². The second kappa shape index (κ2) is 9.09. The van der Waals surface area contributed by atoms with Crippen LogP contribution in [0.2, 0.25) is 0 Å². The van der Waals surface area contributed by atoms with Crippen molar-refractivity contribution in [1.29, 1.82) is 0 Å². The highest BCUT2D eigenvalue weighted by molar-refractivity contribution is 6.00. The Hall–Kier alpha value is -2.87. The number of methoxy groups -OCH3 is 1. The van der Waals surface area contributed by atoms with Crippen LogP contribution >= 0.6 is 0 Å². The maximum Gasteiger partial charge on any atom is 0.232 e. The Balaban J connectivity index is 1.49. The van der Waals surface area contributed by atoms with Gasteiger partial charge in [0, 0.05) is 43.9 Å². The van der Waals surface area contributed by atoms with Crippen LogP contribution in [0.5, 0.6) is 0 Å². The molecule has 1 aromatic carbocycles. The third-order valence-electron chi connectivity index (χ3n) is 6.06. The van der Waals surface area contributed by atoms with Gasteiger partial charge in [-0.25, -0.2) is 14.4 Å². The second-order valence-corrected chi connectivity index (χ2v) is 8.14. The average Bonchev–Trinajstić information content (AvgIpc) is 3.37. The number of carbonyl (C=O) groups excluding carboxylic acids is 2. The number of anilines is 1. The Morgan fingerprint density at radius 1 is 1.26 bits per heavy atom. The monoisotopic (exact) mass is 426 g/mol. The Morgan fingerprint density at radius 2 is 2.03 bits per heavy atom. The Morgan fingerprint density at radius 3 is 2.77 bits per heavy atom. The van der Waals surface area contributed by atoms with Crippen LogP contribution in [-0.4, -0.2) is 60.0 Å². The molecule has 1 fully saturated rings. The summed E-state index contributed by atoms with van der Waals surface area (Å²) in [6, 6.07) is 6.33. The van der Waals surface area contributed by atoms with Crippen LogP contribution in [0.15, 0.2) is 24.3 Å². The molecule has 2 aromatic rings. The molecule has 164 valence electrons. The molecule has 2 aliphatic rings. The predicted octanol–water partition coefficient (Wildman–Crippen LogP) is 2.41. The lowest BCUT2D eigenvalue weighted by Gasteiger charge is -2.19. The molecular weight excluding hydrogens is 399 g/mol. The molecule has 0 radical (unpaired) electrons. The highest BCUT2D eigenvalue weighted by atomic mass is 19.1. The highest BCUT2D eigenvalue weighted by Crippen LogP contribution is 2.33. The molecular formula is C23H27FN4O3. The average molecular weight is 426 g/mol. The number of aromatic nitrogens is 2. The number of hydrogen-bond donors (Lipinski definition) is 0. The van der Waals surface area contributed by atoms with Crippen LogP contribution in [0, 0.1) is 12.7 Å². The van der Waals surface area contributed by atoms with Gasteiger partial charge >= 0.3 is 0 Å². The maximum absolute atomic E-state index is 13.2. The quantitative estimate of drug-likeness (QED) is 0.680. The van der Waals surface area contributed by atoms with Gasteiger partial charge in [0.05, 0.1) is 19.4 Å². The van der Waals surface area contributed by atoms with E-state index in [1.807, 2.05) is 11.8 Å². The van der Waals surface area contributed by atoms with Crippen molar-refractivity contribution in [2.75, 3.05) is 38.3 Å². The van der Waals surface area contributed by atoms with Crippen LogP contribution in [0.25, 0.3) is 0 Å². The first-order valence-electron chi connectivity index (χ1n) is 10.6. The number of benzene rings is 1. The lowest BCUT2D eigenvalue weighted by Crippen LogP contribution is -2.30. The summed E-state index contributed by atoms with van der Waals surface area (Å²) in [6.07, 6.45) is 2.10. The number of carbonyl (C=O) groups is 2. The minimum absolute atomic E-state index is 0.00875. The van der Waals surface area contributed by atoms with Crippen LogP contribution in [0.1, 0.15) is 41.4 Å². The van der Waals surface area contributed by atoms with Crippen LogP contribution in [0.3, 0.4) is 0 Å².